The van der Waals surface area contributed by atoms with E-state index in [2.05, 4.69) is 34.5 Å². The Kier molecular flexibility index (Phi) is 4.86. The molecule has 5 heteroatoms. The molecular weight excluding hydrogens is 250 g/mol. The molecule has 17 heavy (non-hydrogen) atoms. The van der Waals surface area contributed by atoms with Crippen LogP contribution in [0.4, 0.5) is 0 Å². The van der Waals surface area contributed by atoms with Gasteiger partial charge in [0.15, 0.2) is 5.17 Å². The van der Waals surface area contributed by atoms with E-state index in [0.717, 1.165) is 23.8 Å². The van der Waals surface area contributed by atoms with Crippen LogP contribution in [0.1, 0.15) is 26.0 Å². The van der Waals surface area contributed by atoms with Gasteiger partial charge < -0.3 is 5.32 Å². The number of hydrogen-bond donors (Lipinski definition) is 1. The smallest absolute Gasteiger partial charge is 0.156 e. The molecule has 2 rings (SSSR count). The SMILES string of the molecule is CC(C)C1CCSC(=NCCc2cscn2)N1. The molecule has 0 aliphatic carbocycles. The lowest BCUT2D eigenvalue weighted by atomic mass is 10.0. The van der Waals surface area contributed by atoms with Gasteiger partial charge in [0.1, 0.15) is 0 Å². The maximum absolute atomic E-state index is 4.62. The first-order valence-electron chi connectivity index (χ1n) is 6.06. The van der Waals surface area contributed by atoms with Gasteiger partial charge in [0.05, 0.1) is 11.2 Å². The Morgan fingerprint density at radius 3 is 3.18 bits per heavy atom. The normalized spacial score (nSPS) is 23.0. The van der Waals surface area contributed by atoms with Gasteiger partial charge in [-0.3, -0.25) is 4.99 Å². The molecule has 1 aromatic rings. The van der Waals surface area contributed by atoms with Crippen molar-refractivity contribution in [2.45, 2.75) is 32.7 Å². The van der Waals surface area contributed by atoms with Crippen LogP contribution in [-0.2, 0) is 6.42 Å². The average molecular weight is 269 g/mol. The highest BCUT2D eigenvalue weighted by Gasteiger charge is 2.19. The van der Waals surface area contributed by atoms with Crippen molar-refractivity contribution in [3.63, 3.8) is 0 Å². The minimum absolute atomic E-state index is 0.592. The number of aliphatic imine (C=N–C) groups is 1. The summed E-state index contributed by atoms with van der Waals surface area (Å²) in [4.78, 5) is 8.89. The number of thioether (sulfide) groups is 1. The van der Waals surface area contributed by atoms with E-state index in [9.17, 15) is 0 Å². The molecule has 1 fully saturated rings. The summed E-state index contributed by atoms with van der Waals surface area (Å²) >= 11 is 3.49. The molecule has 1 N–H and O–H groups in total. The van der Waals surface area contributed by atoms with Crippen molar-refractivity contribution in [2.75, 3.05) is 12.3 Å². The maximum Gasteiger partial charge on any atom is 0.156 e. The van der Waals surface area contributed by atoms with E-state index in [4.69, 9.17) is 0 Å². The Bertz CT molecular complexity index is 360. The number of nitrogens with zero attached hydrogens (tertiary/aromatic N) is 2. The molecule has 0 aromatic carbocycles. The Morgan fingerprint density at radius 2 is 2.47 bits per heavy atom. The molecular formula is C12H19N3S2. The fourth-order valence-corrected chi connectivity index (χ4v) is 3.35. The van der Waals surface area contributed by atoms with Gasteiger partial charge in [-0.15, -0.1) is 11.3 Å². The van der Waals surface area contributed by atoms with Crippen LogP contribution < -0.4 is 5.32 Å². The van der Waals surface area contributed by atoms with Crippen molar-refractivity contribution in [3.8, 4) is 0 Å². The second-order valence-electron chi connectivity index (χ2n) is 4.55. The van der Waals surface area contributed by atoms with Crippen molar-refractivity contribution in [2.24, 2.45) is 10.9 Å². The number of thiazole rings is 1. The number of rotatable bonds is 4. The van der Waals surface area contributed by atoms with Crippen molar-refractivity contribution in [1.82, 2.24) is 10.3 Å². The van der Waals surface area contributed by atoms with Crippen molar-refractivity contribution < 1.29 is 0 Å². The molecule has 3 nitrogen and oxygen atoms in total. The molecule has 0 spiro atoms. The highest BCUT2D eigenvalue weighted by molar-refractivity contribution is 8.13. The Morgan fingerprint density at radius 1 is 1.59 bits per heavy atom. The van der Waals surface area contributed by atoms with Crippen molar-refractivity contribution >= 4 is 28.3 Å². The summed E-state index contributed by atoms with van der Waals surface area (Å²) in [6.07, 6.45) is 2.19. The number of hydrogen-bond acceptors (Lipinski definition) is 4. The Balaban J connectivity index is 1.80. The summed E-state index contributed by atoms with van der Waals surface area (Å²) in [6, 6.07) is 0.592. The third-order valence-corrected chi connectivity index (χ3v) is 4.48. The summed E-state index contributed by atoms with van der Waals surface area (Å²) in [6.45, 7) is 5.37. The standard InChI is InChI=1S/C12H19N3S2/c1-9(2)11-4-6-17-12(15-11)13-5-3-10-7-16-8-14-10/h7-9,11H,3-6H2,1-2H3,(H,13,15). The van der Waals surface area contributed by atoms with E-state index in [1.54, 1.807) is 11.3 Å². The Labute approximate surface area is 111 Å². The summed E-state index contributed by atoms with van der Waals surface area (Å²) < 4.78 is 0. The molecule has 1 aromatic heterocycles. The van der Waals surface area contributed by atoms with Crippen molar-refractivity contribution in [1.29, 1.82) is 0 Å². The van der Waals surface area contributed by atoms with E-state index in [1.165, 1.54) is 12.2 Å². The average Bonchev–Trinajstić information content (AvgIpc) is 2.82. The van der Waals surface area contributed by atoms with Gasteiger partial charge >= 0.3 is 0 Å². The van der Waals surface area contributed by atoms with E-state index in [-0.39, 0.29) is 0 Å². The molecule has 1 unspecified atom stereocenters. The lowest BCUT2D eigenvalue weighted by Crippen LogP contribution is -2.41. The largest absolute Gasteiger partial charge is 0.362 e. The van der Waals surface area contributed by atoms with Crippen molar-refractivity contribution in [3.05, 3.63) is 16.6 Å². The molecule has 0 saturated carbocycles. The Hall–Kier alpha value is -0.550. The van der Waals surface area contributed by atoms with Crippen LogP contribution in [0.2, 0.25) is 0 Å². The predicted octanol–water partition coefficient (Wildman–Crippen LogP) is 2.79. The fourth-order valence-electron chi connectivity index (χ4n) is 1.78. The van der Waals surface area contributed by atoms with E-state index < -0.39 is 0 Å². The van der Waals surface area contributed by atoms with Gasteiger partial charge in [-0.25, -0.2) is 4.98 Å². The molecule has 1 aliphatic rings. The van der Waals surface area contributed by atoms with Crippen LogP contribution in [0.15, 0.2) is 15.9 Å². The minimum atomic E-state index is 0.592. The first-order valence-corrected chi connectivity index (χ1v) is 7.99. The van der Waals surface area contributed by atoms with Crippen LogP contribution >= 0.6 is 23.1 Å². The molecule has 0 bridgehead atoms. The first-order chi connectivity index (χ1) is 8.25. The van der Waals surface area contributed by atoms with Gasteiger partial charge in [0, 0.05) is 30.1 Å². The topological polar surface area (TPSA) is 37.3 Å². The van der Waals surface area contributed by atoms with Crippen LogP contribution in [0.3, 0.4) is 0 Å². The fraction of sp³-hybridized carbons (Fsp3) is 0.667. The lowest BCUT2D eigenvalue weighted by Gasteiger charge is -2.28. The molecule has 0 amide bonds. The molecule has 2 heterocycles. The van der Waals surface area contributed by atoms with Gasteiger partial charge in [-0.2, -0.15) is 0 Å². The zero-order valence-electron chi connectivity index (χ0n) is 10.3. The van der Waals surface area contributed by atoms with E-state index in [1.807, 2.05) is 17.3 Å². The van der Waals surface area contributed by atoms with Gasteiger partial charge in [-0.1, -0.05) is 25.6 Å². The van der Waals surface area contributed by atoms with Crippen LogP contribution in [0.5, 0.6) is 0 Å². The van der Waals surface area contributed by atoms with Crippen LogP contribution in [-0.4, -0.2) is 28.5 Å². The van der Waals surface area contributed by atoms with Gasteiger partial charge in [-0.05, 0) is 12.3 Å². The van der Waals surface area contributed by atoms with Crippen LogP contribution in [0, 0.1) is 5.92 Å². The first kappa shape index (κ1) is 12.9. The lowest BCUT2D eigenvalue weighted by molar-refractivity contribution is 0.442. The molecule has 1 atom stereocenters. The third-order valence-electron chi connectivity index (χ3n) is 2.89. The summed E-state index contributed by atoms with van der Waals surface area (Å²) in [5, 5.41) is 6.74. The second-order valence-corrected chi connectivity index (χ2v) is 6.35. The number of amidine groups is 1. The summed E-state index contributed by atoms with van der Waals surface area (Å²) in [5.74, 6) is 1.87. The second kappa shape index (κ2) is 6.40. The van der Waals surface area contributed by atoms with Gasteiger partial charge in [0.2, 0.25) is 0 Å². The minimum Gasteiger partial charge on any atom is -0.362 e. The highest BCUT2D eigenvalue weighted by atomic mass is 32.2. The summed E-state index contributed by atoms with van der Waals surface area (Å²) in [5.41, 5.74) is 3.03. The number of aromatic nitrogens is 1. The molecule has 1 saturated heterocycles. The molecule has 94 valence electrons. The monoisotopic (exact) mass is 269 g/mol. The molecule has 0 radical (unpaired) electrons. The highest BCUT2D eigenvalue weighted by Crippen LogP contribution is 2.18. The maximum atomic E-state index is 4.62. The van der Waals surface area contributed by atoms with E-state index in [0.29, 0.717) is 12.0 Å². The zero-order chi connectivity index (χ0) is 12.1. The number of nitrogens with one attached hydrogen (secondary N) is 1. The predicted molar refractivity (Wildman–Crippen MR) is 77.0 cm³/mol. The zero-order valence-corrected chi connectivity index (χ0v) is 12.0. The quantitative estimate of drug-likeness (QED) is 0.913. The van der Waals surface area contributed by atoms with E-state index >= 15 is 0 Å². The third kappa shape index (κ3) is 4.00. The van der Waals surface area contributed by atoms with Crippen LogP contribution in [0.25, 0.3) is 0 Å². The van der Waals surface area contributed by atoms with Gasteiger partial charge in [0.25, 0.3) is 0 Å². The molecule has 1 aliphatic heterocycles. The summed E-state index contributed by atoms with van der Waals surface area (Å²) in [7, 11) is 0.